The van der Waals surface area contributed by atoms with Crippen LogP contribution >= 0.6 is 0 Å². The molecule has 174 valence electrons. The van der Waals surface area contributed by atoms with Gasteiger partial charge >= 0.3 is 0 Å². The summed E-state index contributed by atoms with van der Waals surface area (Å²) in [6.45, 7) is 0. The van der Waals surface area contributed by atoms with Gasteiger partial charge in [-0.1, -0.05) is 42.5 Å². The largest absolute Gasteiger partial charge is 0.493 e. The van der Waals surface area contributed by atoms with Crippen molar-refractivity contribution in [3.63, 3.8) is 0 Å². The Morgan fingerprint density at radius 3 is 2.21 bits per heavy atom. The number of carbonyl (C=O) groups is 1. The van der Waals surface area contributed by atoms with E-state index in [0.717, 1.165) is 11.1 Å². The predicted octanol–water partition coefficient (Wildman–Crippen LogP) is 5.44. The zero-order valence-electron chi connectivity index (χ0n) is 19.0. The number of para-hydroxylation sites is 1. The number of benzene rings is 3. The first-order chi connectivity index (χ1) is 16.4. The van der Waals surface area contributed by atoms with Crippen molar-refractivity contribution in [3.8, 4) is 17.2 Å². The summed E-state index contributed by atoms with van der Waals surface area (Å²) in [7, 11) is 4.65. The molecule has 3 aromatic rings. The molecule has 0 unspecified atom stereocenters. The number of nitrogens with zero attached hydrogens (tertiary/aromatic N) is 1. The number of hydrogen-bond donors (Lipinski definition) is 1. The molecule has 0 atom stereocenters. The second-order valence-electron chi connectivity index (χ2n) is 7.05. The van der Waals surface area contributed by atoms with Crippen molar-refractivity contribution in [2.45, 2.75) is 0 Å². The van der Waals surface area contributed by atoms with E-state index >= 15 is 0 Å². The van der Waals surface area contributed by atoms with E-state index in [1.165, 1.54) is 24.3 Å². The molecule has 0 fully saturated rings. The van der Waals surface area contributed by atoms with E-state index in [-0.39, 0.29) is 11.6 Å². The van der Waals surface area contributed by atoms with Crippen molar-refractivity contribution in [3.05, 3.63) is 93.5 Å². The number of nitro benzene ring substituents is 1. The van der Waals surface area contributed by atoms with Gasteiger partial charge < -0.3 is 19.5 Å². The predicted molar refractivity (Wildman–Crippen MR) is 132 cm³/mol. The molecule has 3 rings (SSSR count). The van der Waals surface area contributed by atoms with E-state index in [4.69, 9.17) is 14.2 Å². The molecule has 3 aromatic carbocycles. The number of anilines is 1. The van der Waals surface area contributed by atoms with Crippen LogP contribution in [0.5, 0.6) is 17.2 Å². The van der Waals surface area contributed by atoms with Crippen molar-refractivity contribution in [2.75, 3.05) is 26.6 Å². The fraction of sp³-hybridized carbons (Fsp3) is 0.115. The number of methoxy groups -OCH3 is 3. The van der Waals surface area contributed by atoms with Crippen LogP contribution in [0.2, 0.25) is 0 Å². The summed E-state index contributed by atoms with van der Waals surface area (Å²) >= 11 is 0. The van der Waals surface area contributed by atoms with Gasteiger partial charge in [0.1, 0.15) is 0 Å². The topological polar surface area (TPSA) is 99.9 Å². The fourth-order valence-corrected chi connectivity index (χ4v) is 3.23. The molecular formula is C26H24N2O6. The SMILES string of the molecule is COc1cc(C=Cc2ccccc2NC(=O)/C=C/c2cccc([N+](=O)[O-])c2)cc(OC)c1OC. The van der Waals surface area contributed by atoms with Gasteiger partial charge in [0.05, 0.1) is 26.3 Å². The number of nitrogens with one attached hydrogen (secondary N) is 1. The van der Waals surface area contributed by atoms with Crippen molar-refractivity contribution in [2.24, 2.45) is 0 Å². The quantitative estimate of drug-likeness (QED) is 0.197. The number of hydrogen-bond acceptors (Lipinski definition) is 6. The Bertz CT molecular complexity index is 1220. The molecule has 8 heteroatoms. The van der Waals surface area contributed by atoms with E-state index in [1.807, 2.05) is 42.5 Å². The number of amides is 1. The van der Waals surface area contributed by atoms with Gasteiger partial charge in [0.15, 0.2) is 11.5 Å². The monoisotopic (exact) mass is 460 g/mol. The molecule has 1 amide bonds. The zero-order chi connectivity index (χ0) is 24.5. The third-order valence-electron chi connectivity index (χ3n) is 4.87. The Labute approximate surface area is 197 Å². The number of carbonyl (C=O) groups excluding carboxylic acids is 1. The molecule has 0 heterocycles. The second-order valence-corrected chi connectivity index (χ2v) is 7.05. The third-order valence-corrected chi connectivity index (χ3v) is 4.87. The highest BCUT2D eigenvalue weighted by molar-refractivity contribution is 6.03. The lowest BCUT2D eigenvalue weighted by atomic mass is 10.1. The third kappa shape index (κ3) is 6.01. The van der Waals surface area contributed by atoms with Crippen molar-refractivity contribution in [1.82, 2.24) is 0 Å². The van der Waals surface area contributed by atoms with Crippen LogP contribution in [0.15, 0.2) is 66.7 Å². The average molecular weight is 460 g/mol. The minimum atomic E-state index is -0.478. The number of non-ortho nitro benzene ring substituents is 1. The van der Waals surface area contributed by atoms with Crippen LogP contribution in [0.25, 0.3) is 18.2 Å². The summed E-state index contributed by atoms with van der Waals surface area (Å²) in [6, 6.07) is 17.0. The first-order valence-corrected chi connectivity index (χ1v) is 10.3. The minimum absolute atomic E-state index is 0.0372. The van der Waals surface area contributed by atoms with Crippen molar-refractivity contribution in [1.29, 1.82) is 0 Å². The summed E-state index contributed by atoms with van der Waals surface area (Å²) in [4.78, 5) is 22.9. The Kier molecular flexibility index (Phi) is 8.02. The van der Waals surface area contributed by atoms with Crippen LogP contribution in [-0.4, -0.2) is 32.2 Å². The van der Waals surface area contributed by atoms with Gasteiger partial charge in [0, 0.05) is 23.9 Å². The summed E-state index contributed by atoms with van der Waals surface area (Å²) < 4.78 is 16.1. The van der Waals surface area contributed by atoms with Crippen LogP contribution in [-0.2, 0) is 4.79 Å². The van der Waals surface area contributed by atoms with Gasteiger partial charge in [-0.25, -0.2) is 0 Å². The van der Waals surface area contributed by atoms with Gasteiger partial charge in [-0.3, -0.25) is 14.9 Å². The van der Waals surface area contributed by atoms with Crippen molar-refractivity contribution < 1.29 is 23.9 Å². The smallest absolute Gasteiger partial charge is 0.270 e. The highest BCUT2D eigenvalue weighted by atomic mass is 16.6. The molecule has 0 saturated heterocycles. The van der Waals surface area contributed by atoms with Crippen LogP contribution in [0.4, 0.5) is 11.4 Å². The molecule has 1 N–H and O–H groups in total. The lowest BCUT2D eigenvalue weighted by Crippen LogP contribution is -2.08. The van der Waals surface area contributed by atoms with Crippen LogP contribution in [0.1, 0.15) is 16.7 Å². The maximum absolute atomic E-state index is 12.5. The van der Waals surface area contributed by atoms with Gasteiger partial charge in [-0.2, -0.15) is 0 Å². The van der Waals surface area contributed by atoms with Gasteiger partial charge in [-0.15, -0.1) is 0 Å². The molecule has 0 radical (unpaired) electrons. The molecular weight excluding hydrogens is 436 g/mol. The Morgan fingerprint density at radius 1 is 0.853 bits per heavy atom. The molecule has 0 aliphatic rings. The molecule has 0 aromatic heterocycles. The minimum Gasteiger partial charge on any atom is -0.493 e. The average Bonchev–Trinajstić information content (AvgIpc) is 2.86. The fourth-order valence-electron chi connectivity index (χ4n) is 3.23. The van der Waals surface area contributed by atoms with Gasteiger partial charge in [-0.05, 0) is 41.0 Å². The summed E-state index contributed by atoms with van der Waals surface area (Å²) in [5, 5.41) is 13.8. The van der Waals surface area contributed by atoms with E-state index in [2.05, 4.69) is 5.32 Å². The highest BCUT2D eigenvalue weighted by Crippen LogP contribution is 2.38. The first-order valence-electron chi connectivity index (χ1n) is 10.3. The van der Waals surface area contributed by atoms with E-state index in [9.17, 15) is 14.9 Å². The first kappa shape index (κ1) is 24.1. The lowest BCUT2D eigenvalue weighted by molar-refractivity contribution is -0.384. The molecule has 0 saturated carbocycles. The summed E-state index contributed by atoms with van der Waals surface area (Å²) in [5.41, 5.74) is 2.74. The molecule has 34 heavy (non-hydrogen) atoms. The second kappa shape index (κ2) is 11.3. The highest BCUT2D eigenvalue weighted by Gasteiger charge is 2.12. The van der Waals surface area contributed by atoms with Crippen LogP contribution < -0.4 is 19.5 Å². The Morgan fingerprint density at radius 2 is 1.56 bits per heavy atom. The zero-order valence-corrected chi connectivity index (χ0v) is 19.0. The molecule has 0 bridgehead atoms. The van der Waals surface area contributed by atoms with Gasteiger partial charge in [0.2, 0.25) is 11.7 Å². The van der Waals surface area contributed by atoms with Crippen molar-refractivity contribution >= 4 is 35.5 Å². The summed E-state index contributed by atoms with van der Waals surface area (Å²) in [5.74, 6) is 1.22. The van der Waals surface area contributed by atoms with E-state index in [0.29, 0.717) is 28.5 Å². The van der Waals surface area contributed by atoms with E-state index in [1.54, 1.807) is 39.5 Å². The van der Waals surface area contributed by atoms with Crippen LogP contribution in [0.3, 0.4) is 0 Å². The maximum Gasteiger partial charge on any atom is 0.270 e. The Balaban J connectivity index is 1.79. The Hall–Kier alpha value is -4.59. The normalized spacial score (nSPS) is 10.9. The number of rotatable bonds is 9. The number of nitro groups is 1. The molecule has 8 nitrogen and oxygen atoms in total. The van der Waals surface area contributed by atoms with Crippen LogP contribution in [0, 0.1) is 10.1 Å². The molecule has 0 aliphatic carbocycles. The standard InChI is InChI=1S/C26H24N2O6/c1-32-23-16-19(17-24(33-2)26(23)34-3)11-13-20-8-4-5-10-22(20)27-25(29)14-12-18-7-6-9-21(15-18)28(30)31/h4-17H,1-3H3,(H,27,29)/b13-11?,14-12+. The summed E-state index contributed by atoms with van der Waals surface area (Å²) in [6.07, 6.45) is 6.59. The van der Waals surface area contributed by atoms with E-state index < -0.39 is 4.92 Å². The lowest BCUT2D eigenvalue weighted by Gasteiger charge is -2.13. The molecule has 0 spiro atoms. The maximum atomic E-state index is 12.5. The number of ether oxygens (including phenoxy) is 3. The molecule has 0 aliphatic heterocycles. The van der Waals surface area contributed by atoms with Gasteiger partial charge in [0.25, 0.3) is 5.69 Å².